The summed E-state index contributed by atoms with van der Waals surface area (Å²) in [7, 11) is 2.05. The number of benzene rings is 2. The predicted octanol–water partition coefficient (Wildman–Crippen LogP) is 4.59. The zero-order valence-corrected chi connectivity index (χ0v) is 17.3. The van der Waals surface area contributed by atoms with Gasteiger partial charge in [0.15, 0.2) is 6.61 Å². The minimum absolute atomic E-state index is 0.0220. The molecule has 26 heavy (non-hydrogen) atoms. The first-order valence-electron chi connectivity index (χ1n) is 8.92. The number of nitrogens with one attached hydrogen (secondary N) is 1. The van der Waals surface area contributed by atoms with Gasteiger partial charge >= 0.3 is 0 Å². The lowest BCUT2D eigenvalue weighted by molar-refractivity contribution is -0.123. The number of amides is 1. The number of halogens is 1. The highest BCUT2D eigenvalue weighted by Gasteiger charge is 2.08. The fourth-order valence-electron chi connectivity index (χ4n) is 2.54. The Labute approximate surface area is 164 Å². The number of anilines is 1. The van der Waals surface area contributed by atoms with Crippen LogP contribution >= 0.6 is 15.9 Å². The molecule has 0 aliphatic rings. The summed E-state index contributed by atoms with van der Waals surface area (Å²) in [4.78, 5) is 14.1. The Balaban J connectivity index is 1.68. The first-order valence-corrected chi connectivity index (χ1v) is 9.72. The maximum absolute atomic E-state index is 12.0. The second-order valence-electron chi connectivity index (χ2n) is 6.59. The molecule has 0 aliphatic carbocycles. The summed E-state index contributed by atoms with van der Waals surface area (Å²) in [5, 5.41) is 2.90. The van der Waals surface area contributed by atoms with Crippen LogP contribution in [0, 0.1) is 0 Å². The van der Waals surface area contributed by atoms with Gasteiger partial charge in [0.2, 0.25) is 0 Å². The Morgan fingerprint density at radius 2 is 1.92 bits per heavy atom. The Bertz CT molecular complexity index is 704. The van der Waals surface area contributed by atoms with Crippen molar-refractivity contribution in [1.82, 2.24) is 5.32 Å². The van der Waals surface area contributed by atoms with E-state index in [1.54, 1.807) is 0 Å². The molecule has 1 amide bonds. The molecule has 5 heteroatoms. The standard InChI is InChI=1S/C21H27BrN2O2/c1-16(2)17-10-11-20(19(22)14-17)26-15-21(25)23-12-7-13-24(3)18-8-5-4-6-9-18/h4-6,8-11,14,16H,7,12-13,15H2,1-3H3,(H,23,25). The first kappa shape index (κ1) is 20.3. The second-order valence-corrected chi connectivity index (χ2v) is 7.45. The normalized spacial score (nSPS) is 10.7. The van der Waals surface area contributed by atoms with Crippen molar-refractivity contribution in [3.05, 3.63) is 58.6 Å². The van der Waals surface area contributed by atoms with E-state index in [2.05, 4.69) is 59.2 Å². The van der Waals surface area contributed by atoms with Crippen LogP contribution in [0.15, 0.2) is 53.0 Å². The van der Waals surface area contributed by atoms with Crippen molar-refractivity contribution in [1.29, 1.82) is 0 Å². The molecule has 4 nitrogen and oxygen atoms in total. The van der Waals surface area contributed by atoms with Crippen LogP contribution in [-0.2, 0) is 4.79 Å². The lowest BCUT2D eigenvalue weighted by Crippen LogP contribution is -2.31. The molecule has 0 aromatic heterocycles. The molecule has 0 radical (unpaired) electrons. The van der Waals surface area contributed by atoms with Crippen molar-refractivity contribution in [2.45, 2.75) is 26.2 Å². The third-order valence-electron chi connectivity index (χ3n) is 4.17. The number of carbonyl (C=O) groups is 1. The van der Waals surface area contributed by atoms with E-state index in [1.165, 1.54) is 11.3 Å². The van der Waals surface area contributed by atoms with Crippen LogP contribution in [0.2, 0.25) is 0 Å². The Hall–Kier alpha value is -2.01. The van der Waals surface area contributed by atoms with Crippen LogP contribution in [0.1, 0.15) is 31.7 Å². The van der Waals surface area contributed by atoms with Gasteiger partial charge in [0.1, 0.15) is 5.75 Å². The van der Waals surface area contributed by atoms with E-state index in [4.69, 9.17) is 4.74 Å². The monoisotopic (exact) mass is 418 g/mol. The Kier molecular flexibility index (Phi) is 7.98. The highest BCUT2D eigenvalue weighted by atomic mass is 79.9. The maximum Gasteiger partial charge on any atom is 0.257 e. The lowest BCUT2D eigenvalue weighted by atomic mass is 10.0. The van der Waals surface area contributed by atoms with E-state index in [1.807, 2.05) is 36.4 Å². The van der Waals surface area contributed by atoms with Gasteiger partial charge in [-0.25, -0.2) is 0 Å². The Morgan fingerprint density at radius 1 is 1.19 bits per heavy atom. The zero-order valence-electron chi connectivity index (χ0n) is 15.7. The number of para-hydroxylation sites is 1. The molecule has 0 atom stereocenters. The number of rotatable bonds is 9. The number of ether oxygens (including phenoxy) is 1. The largest absolute Gasteiger partial charge is 0.483 e. The molecule has 0 unspecified atom stereocenters. The van der Waals surface area contributed by atoms with Crippen LogP contribution in [0.5, 0.6) is 5.75 Å². The van der Waals surface area contributed by atoms with Crippen LogP contribution < -0.4 is 15.0 Å². The molecular formula is C21H27BrN2O2. The van der Waals surface area contributed by atoms with E-state index in [9.17, 15) is 4.79 Å². The summed E-state index contributed by atoms with van der Waals surface area (Å²) >= 11 is 3.51. The molecule has 0 heterocycles. The fourth-order valence-corrected chi connectivity index (χ4v) is 3.05. The van der Waals surface area contributed by atoms with Gasteiger partial charge in [0.05, 0.1) is 4.47 Å². The summed E-state index contributed by atoms with van der Waals surface area (Å²) < 4.78 is 6.49. The van der Waals surface area contributed by atoms with Crippen LogP contribution in [0.4, 0.5) is 5.69 Å². The molecule has 2 aromatic rings. The average molecular weight is 419 g/mol. The molecule has 0 saturated heterocycles. The number of hydrogen-bond donors (Lipinski definition) is 1. The summed E-state index contributed by atoms with van der Waals surface area (Å²) in [6, 6.07) is 16.2. The van der Waals surface area contributed by atoms with E-state index in [0.29, 0.717) is 18.2 Å². The van der Waals surface area contributed by atoms with Crippen molar-refractivity contribution in [3.8, 4) is 5.75 Å². The van der Waals surface area contributed by atoms with Crippen molar-refractivity contribution in [2.24, 2.45) is 0 Å². The number of carbonyl (C=O) groups excluding carboxylic acids is 1. The van der Waals surface area contributed by atoms with Crippen molar-refractivity contribution < 1.29 is 9.53 Å². The Morgan fingerprint density at radius 3 is 2.58 bits per heavy atom. The van der Waals surface area contributed by atoms with E-state index in [0.717, 1.165) is 17.4 Å². The quantitative estimate of drug-likeness (QED) is 0.605. The van der Waals surface area contributed by atoms with E-state index in [-0.39, 0.29) is 12.5 Å². The average Bonchev–Trinajstić information content (AvgIpc) is 2.64. The SMILES string of the molecule is CC(C)c1ccc(OCC(=O)NCCCN(C)c2ccccc2)c(Br)c1. The molecule has 2 rings (SSSR count). The highest BCUT2D eigenvalue weighted by molar-refractivity contribution is 9.10. The molecule has 0 spiro atoms. The molecule has 0 saturated carbocycles. The van der Waals surface area contributed by atoms with E-state index >= 15 is 0 Å². The molecular weight excluding hydrogens is 392 g/mol. The zero-order chi connectivity index (χ0) is 18.9. The third kappa shape index (κ3) is 6.37. The van der Waals surface area contributed by atoms with Gasteiger partial charge in [-0.2, -0.15) is 0 Å². The molecule has 2 aromatic carbocycles. The van der Waals surface area contributed by atoms with Gasteiger partial charge in [-0.05, 0) is 58.1 Å². The predicted molar refractivity (Wildman–Crippen MR) is 111 cm³/mol. The highest BCUT2D eigenvalue weighted by Crippen LogP contribution is 2.28. The van der Waals surface area contributed by atoms with Crippen molar-refractivity contribution >= 4 is 27.5 Å². The molecule has 0 bridgehead atoms. The van der Waals surface area contributed by atoms with E-state index < -0.39 is 0 Å². The first-order chi connectivity index (χ1) is 12.5. The van der Waals surface area contributed by atoms with Gasteiger partial charge in [0.25, 0.3) is 5.91 Å². The summed E-state index contributed by atoms with van der Waals surface area (Å²) in [6.45, 7) is 5.82. The minimum Gasteiger partial charge on any atom is -0.483 e. The van der Waals surface area contributed by atoms with Crippen molar-refractivity contribution in [2.75, 3.05) is 31.6 Å². The van der Waals surface area contributed by atoms with Crippen LogP contribution in [-0.4, -0.2) is 32.7 Å². The topological polar surface area (TPSA) is 41.6 Å². The molecule has 140 valence electrons. The summed E-state index contributed by atoms with van der Waals surface area (Å²) in [6.07, 6.45) is 0.879. The van der Waals surface area contributed by atoms with Gasteiger partial charge in [-0.3, -0.25) is 4.79 Å². The van der Waals surface area contributed by atoms with Gasteiger partial charge < -0.3 is 15.0 Å². The van der Waals surface area contributed by atoms with Crippen LogP contribution in [0.25, 0.3) is 0 Å². The summed E-state index contributed by atoms with van der Waals surface area (Å²) in [5.74, 6) is 1.04. The fraction of sp³-hybridized carbons (Fsp3) is 0.381. The third-order valence-corrected chi connectivity index (χ3v) is 4.79. The number of hydrogen-bond acceptors (Lipinski definition) is 3. The second kappa shape index (κ2) is 10.2. The van der Waals surface area contributed by atoms with Gasteiger partial charge in [0, 0.05) is 25.8 Å². The molecule has 1 N–H and O–H groups in total. The molecule has 0 aliphatic heterocycles. The summed E-state index contributed by atoms with van der Waals surface area (Å²) in [5.41, 5.74) is 2.41. The van der Waals surface area contributed by atoms with Crippen molar-refractivity contribution in [3.63, 3.8) is 0 Å². The van der Waals surface area contributed by atoms with Gasteiger partial charge in [-0.1, -0.05) is 38.1 Å². The molecule has 0 fully saturated rings. The lowest BCUT2D eigenvalue weighted by Gasteiger charge is -2.19. The minimum atomic E-state index is -0.104. The maximum atomic E-state index is 12.0. The van der Waals surface area contributed by atoms with Gasteiger partial charge in [-0.15, -0.1) is 0 Å². The smallest absolute Gasteiger partial charge is 0.257 e. The van der Waals surface area contributed by atoms with Crippen LogP contribution in [0.3, 0.4) is 0 Å². The number of nitrogens with zero attached hydrogens (tertiary/aromatic N) is 1.